The molecule has 10 atom stereocenters. The average molecular weight is 419 g/mol. The molecule has 2 saturated heterocycles. The Hall–Kier alpha value is -0.280. The van der Waals surface area contributed by atoms with Crippen LogP contribution in [0.3, 0.4) is 0 Å². The van der Waals surface area contributed by atoms with Gasteiger partial charge >= 0.3 is 0 Å². The first-order valence-electron chi connectivity index (χ1n) is 10.9. The SMILES string of the molecule is C[C@H]([C@@H](O)[C@@H](C)[C@H](O)[C@H]1COC(C)(C)O1)[C@@H](O)[C@H](C)[C@@H]1OC(C)(C)O[C@H](C)[C@H]1C. The molecule has 0 amide bonds. The summed E-state index contributed by atoms with van der Waals surface area (Å²) in [7, 11) is 0. The predicted molar refractivity (Wildman–Crippen MR) is 109 cm³/mol. The zero-order valence-corrected chi connectivity index (χ0v) is 19.5. The molecule has 172 valence electrons. The zero-order valence-electron chi connectivity index (χ0n) is 19.5. The second-order valence-electron chi connectivity index (χ2n) is 10.1. The number of aliphatic hydroxyl groups excluding tert-OH is 3. The van der Waals surface area contributed by atoms with Gasteiger partial charge in [-0.3, -0.25) is 0 Å². The third-order valence-electron chi connectivity index (χ3n) is 6.77. The van der Waals surface area contributed by atoms with Gasteiger partial charge in [-0.25, -0.2) is 0 Å². The van der Waals surface area contributed by atoms with E-state index in [9.17, 15) is 15.3 Å². The van der Waals surface area contributed by atoms with Gasteiger partial charge in [0.25, 0.3) is 0 Å². The van der Waals surface area contributed by atoms with E-state index in [4.69, 9.17) is 18.9 Å². The van der Waals surface area contributed by atoms with Crippen molar-refractivity contribution in [2.45, 2.75) is 111 Å². The topological polar surface area (TPSA) is 97.6 Å². The minimum absolute atomic E-state index is 0.00208. The van der Waals surface area contributed by atoms with Crippen LogP contribution in [0.1, 0.15) is 62.3 Å². The van der Waals surface area contributed by atoms with E-state index in [1.54, 1.807) is 20.8 Å². The second-order valence-corrected chi connectivity index (χ2v) is 10.1. The Morgan fingerprint density at radius 1 is 0.793 bits per heavy atom. The molecule has 2 fully saturated rings. The van der Waals surface area contributed by atoms with Crippen LogP contribution in [0, 0.1) is 23.7 Å². The van der Waals surface area contributed by atoms with Gasteiger partial charge in [-0.2, -0.15) is 0 Å². The molecule has 0 spiro atoms. The normalized spacial score (nSPS) is 38.1. The van der Waals surface area contributed by atoms with Crippen LogP contribution in [0.25, 0.3) is 0 Å². The third-order valence-corrected chi connectivity index (χ3v) is 6.77. The maximum Gasteiger partial charge on any atom is 0.163 e. The summed E-state index contributed by atoms with van der Waals surface area (Å²) >= 11 is 0. The van der Waals surface area contributed by atoms with Gasteiger partial charge in [-0.15, -0.1) is 0 Å². The highest BCUT2D eigenvalue weighted by molar-refractivity contribution is 4.92. The summed E-state index contributed by atoms with van der Waals surface area (Å²) in [4.78, 5) is 0. The number of aliphatic hydroxyl groups is 3. The van der Waals surface area contributed by atoms with Crippen LogP contribution in [0.15, 0.2) is 0 Å². The minimum atomic E-state index is -0.907. The molecular formula is C22H42O7. The van der Waals surface area contributed by atoms with Crippen molar-refractivity contribution in [2.24, 2.45) is 23.7 Å². The Kier molecular flexibility index (Phi) is 7.81. The van der Waals surface area contributed by atoms with E-state index in [0.717, 1.165) is 0 Å². The van der Waals surface area contributed by atoms with Gasteiger partial charge in [0.05, 0.1) is 37.1 Å². The molecule has 0 aromatic rings. The van der Waals surface area contributed by atoms with Crippen LogP contribution in [0.5, 0.6) is 0 Å². The van der Waals surface area contributed by atoms with Gasteiger partial charge in [-0.1, -0.05) is 27.7 Å². The summed E-state index contributed by atoms with van der Waals surface area (Å²) in [5.41, 5.74) is 0. The van der Waals surface area contributed by atoms with Crippen LogP contribution < -0.4 is 0 Å². The molecule has 0 bridgehead atoms. The maximum atomic E-state index is 11.0. The number of hydrogen-bond acceptors (Lipinski definition) is 7. The van der Waals surface area contributed by atoms with E-state index in [1.807, 2.05) is 34.6 Å². The smallest absolute Gasteiger partial charge is 0.163 e. The molecule has 0 radical (unpaired) electrons. The van der Waals surface area contributed by atoms with Crippen molar-refractivity contribution in [3.05, 3.63) is 0 Å². The summed E-state index contributed by atoms with van der Waals surface area (Å²) in [6.07, 6.45) is -3.31. The van der Waals surface area contributed by atoms with E-state index >= 15 is 0 Å². The van der Waals surface area contributed by atoms with Crippen molar-refractivity contribution in [3.63, 3.8) is 0 Å². The molecule has 0 aliphatic carbocycles. The van der Waals surface area contributed by atoms with E-state index in [2.05, 4.69) is 6.92 Å². The standard InChI is InChI=1S/C22H42O7/c1-11-15(5)27-22(8,9)29-20(11)14(4)18(24)12(2)17(23)13(3)19(25)16-10-26-21(6,7)28-16/h11-20,23-25H,10H2,1-9H3/t11-,12-,13-,14+,15-,16-,17-,18-,19+,20-/m1/s1. The van der Waals surface area contributed by atoms with Crippen LogP contribution in [-0.4, -0.2) is 70.1 Å². The Morgan fingerprint density at radius 3 is 1.90 bits per heavy atom. The van der Waals surface area contributed by atoms with Crippen molar-refractivity contribution < 1.29 is 34.3 Å². The largest absolute Gasteiger partial charge is 0.392 e. The lowest BCUT2D eigenvalue weighted by Gasteiger charge is -2.47. The van der Waals surface area contributed by atoms with Crippen molar-refractivity contribution in [3.8, 4) is 0 Å². The molecule has 7 heteroatoms. The zero-order chi connectivity index (χ0) is 22.3. The number of ether oxygens (including phenoxy) is 4. The molecule has 2 aliphatic rings. The summed E-state index contributed by atoms with van der Waals surface area (Å²) in [5.74, 6) is -2.51. The van der Waals surface area contributed by atoms with E-state index < -0.39 is 47.8 Å². The van der Waals surface area contributed by atoms with Crippen molar-refractivity contribution in [1.29, 1.82) is 0 Å². The molecule has 2 heterocycles. The fraction of sp³-hybridized carbons (Fsp3) is 1.00. The Bertz CT molecular complexity index is 537. The van der Waals surface area contributed by atoms with Gasteiger partial charge in [0.15, 0.2) is 11.6 Å². The fourth-order valence-corrected chi connectivity index (χ4v) is 4.65. The first-order chi connectivity index (χ1) is 13.2. The highest BCUT2D eigenvalue weighted by Crippen LogP contribution is 2.37. The first kappa shape index (κ1) is 25.0. The maximum absolute atomic E-state index is 11.0. The summed E-state index contributed by atoms with van der Waals surface area (Å²) in [6.45, 7) is 17.2. The summed E-state index contributed by atoms with van der Waals surface area (Å²) < 4.78 is 23.3. The van der Waals surface area contributed by atoms with Crippen molar-refractivity contribution in [2.75, 3.05) is 6.61 Å². The molecule has 0 unspecified atom stereocenters. The lowest BCUT2D eigenvalue weighted by Crippen LogP contribution is -2.54. The van der Waals surface area contributed by atoms with Crippen LogP contribution >= 0.6 is 0 Å². The lowest BCUT2D eigenvalue weighted by atomic mass is 9.77. The van der Waals surface area contributed by atoms with E-state index in [1.165, 1.54) is 0 Å². The predicted octanol–water partition coefficient (Wildman–Crippen LogP) is 2.30. The molecule has 2 aliphatic heterocycles. The molecule has 2 rings (SSSR count). The summed E-state index contributed by atoms with van der Waals surface area (Å²) in [5, 5.41) is 32.6. The van der Waals surface area contributed by atoms with Gasteiger partial charge in [0.1, 0.15) is 6.10 Å². The number of hydrogen-bond donors (Lipinski definition) is 3. The lowest BCUT2D eigenvalue weighted by molar-refractivity contribution is -0.328. The Morgan fingerprint density at radius 2 is 1.38 bits per heavy atom. The van der Waals surface area contributed by atoms with Gasteiger partial charge in [0.2, 0.25) is 0 Å². The van der Waals surface area contributed by atoms with Crippen LogP contribution in [0.2, 0.25) is 0 Å². The second kappa shape index (κ2) is 9.07. The molecule has 29 heavy (non-hydrogen) atoms. The summed E-state index contributed by atoms with van der Waals surface area (Å²) in [6, 6.07) is 0. The van der Waals surface area contributed by atoms with E-state index in [-0.39, 0.29) is 30.7 Å². The van der Waals surface area contributed by atoms with E-state index in [0.29, 0.717) is 0 Å². The van der Waals surface area contributed by atoms with Gasteiger partial charge in [0, 0.05) is 23.7 Å². The Balaban J connectivity index is 2.02. The van der Waals surface area contributed by atoms with Gasteiger partial charge < -0.3 is 34.3 Å². The Labute approximate surface area is 175 Å². The molecule has 0 aromatic heterocycles. The third kappa shape index (κ3) is 5.70. The van der Waals surface area contributed by atoms with Gasteiger partial charge in [-0.05, 0) is 34.6 Å². The minimum Gasteiger partial charge on any atom is -0.392 e. The fourth-order valence-electron chi connectivity index (χ4n) is 4.65. The molecule has 7 nitrogen and oxygen atoms in total. The monoisotopic (exact) mass is 418 g/mol. The highest BCUT2D eigenvalue weighted by Gasteiger charge is 2.46. The first-order valence-corrected chi connectivity index (χ1v) is 10.9. The molecule has 3 N–H and O–H groups in total. The van der Waals surface area contributed by atoms with Crippen molar-refractivity contribution in [1.82, 2.24) is 0 Å². The van der Waals surface area contributed by atoms with Crippen LogP contribution in [0.4, 0.5) is 0 Å². The van der Waals surface area contributed by atoms with Crippen LogP contribution in [-0.2, 0) is 18.9 Å². The molecule has 0 saturated carbocycles. The van der Waals surface area contributed by atoms with Crippen molar-refractivity contribution >= 4 is 0 Å². The average Bonchev–Trinajstić information content (AvgIpc) is 3.00. The molecular weight excluding hydrogens is 376 g/mol. The number of rotatable bonds is 7. The molecule has 0 aromatic carbocycles. The quantitative estimate of drug-likeness (QED) is 0.584. The highest BCUT2D eigenvalue weighted by atomic mass is 16.7.